The van der Waals surface area contributed by atoms with Gasteiger partial charge in [0, 0.05) is 50.8 Å². The van der Waals surface area contributed by atoms with Gasteiger partial charge in [-0.05, 0) is 30.3 Å². The monoisotopic (exact) mass is 498 g/mol. The van der Waals surface area contributed by atoms with Gasteiger partial charge in [-0.25, -0.2) is 13.4 Å². The summed E-state index contributed by atoms with van der Waals surface area (Å²) in [5, 5.41) is 0.728. The first kappa shape index (κ1) is 22.5. The van der Waals surface area contributed by atoms with Crippen molar-refractivity contribution in [2.75, 3.05) is 42.2 Å². The molecule has 3 aromatic rings. The normalized spacial score (nSPS) is 17.1. The maximum absolute atomic E-state index is 13.1. The predicted octanol–water partition coefficient (Wildman–Crippen LogP) is 2.32. The van der Waals surface area contributed by atoms with Crippen molar-refractivity contribution < 1.29 is 22.8 Å². The molecular weight excluding hydrogens is 476 g/mol. The van der Waals surface area contributed by atoms with E-state index in [-0.39, 0.29) is 35.5 Å². The third-order valence-corrected chi connectivity index (χ3v) is 8.22. The van der Waals surface area contributed by atoms with E-state index in [9.17, 15) is 22.8 Å². The quantitative estimate of drug-likeness (QED) is 0.508. The van der Waals surface area contributed by atoms with Gasteiger partial charge in [0.25, 0.3) is 5.91 Å². The molecule has 0 saturated carbocycles. The Morgan fingerprint density at radius 1 is 0.971 bits per heavy atom. The zero-order valence-corrected chi connectivity index (χ0v) is 20.1. The topological polar surface area (TPSA) is 108 Å². The van der Waals surface area contributed by atoms with Crippen molar-refractivity contribution in [3.63, 3.8) is 0 Å². The zero-order valence-electron chi connectivity index (χ0n) is 18.4. The average Bonchev–Trinajstić information content (AvgIpc) is 3.40. The highest BCUT2D eigenvalue weighted by Gasteiger charge is 2.31. The summed E-state index contributed by atoms with van der Waals surface area (Å²) in [5.41, 5.74) is 1.33. The molecule has 0 atom stereocenters. The summed E-state index contributed by atoms with van der Waals surface area (Å²) in [6.45, 7) is 2.06. The number of carbonyl (C=O) groups excluding carboxylic acids is 3. The molecule has 9 nitrogen and oxygen atoms in total. The summed E-state index contributed by atoms with van der Waals surface area (Å²) in [6.07, 6.45) is 1.56. The van der Waals surface area contributed by atoms with Crippen LogP contribution in [0.25, 0.3) is 10.2 Å². The Bertz CT molecular complexity index is 1410. The highest BCUT2D eigenvalue weighted by atomic mass is 32.2. The maximum Gasteiger partial charge on any atom is 0.254 e. The fraction of sp³-hybridized carbons (Fsp3) is 0.304. The summed E-state index contributed by atoms with van der Waals surface area (Å²) in [6, 6.07) is 11.8. The number of aromatic nitrogens is 1. The molecule has 34 heavy (non-hydrogen) atoms. The van der Waals surface area contributed by atoms with E-state index in [1.165, 1.54) is 17.6 Å². The zero-order chi connectivity index (χ0) is 24.0. The molecule has 2 aliphatic heterocycles. The fourth-order valence-electron chi connectivity index (χ4n) is 4.27. The second kappa shape index (κ2) is 8.48. The number of thiazole rings is 1. The van der Waals surface area contributed by atoms with E-state index in [0.29, 0.717) is 42.9 Å². The number of nitrogens with zero attached hydrogens (tertiary/aromatic N) is 4. The van der Waals surface area contributed by atoms with E-state index in [1.807, 2.05) is 6.07 Å². The van der Waals surface area contributed by atoms with E-state index >= 15 is 0 Å². The average molecular weight is 499 g/mol. The first-order valence-electron chi connectivity index (χ1n) is 10.8. The molecular formula is C23H22N4O5S2. The molecule has 0 aliphatic carbocycles. The van der Waals surface area contributed by atoms with Crippen LogP contribution in [0.5, 0.6) is 0 Å². The largest absolute Gasteiger partial charge is 0.345 e. The van der Waals surface area contributed by atoms with Crippen LogP contribution in [-0.4, -0.2) is 68.5 Å². The Morgan fingerprint density at radius 3 is 2.32 bits per heavy atom. The number of anilines is 2. The first-order chi connectivity index (χ1) is 16.2. The number of benzene rings is 2. The third kappa shape index (κ3) is 4.05. The summed E-state index contributed by atoms with van der Waals surface area (Å²) >= 11 is 1.43. The van der Waals surface area contributed by atoms with Crippen molar-refractivity contribution in [2.24, 2.45) is 0 Å². The van der Waals surface area contributed by atoms with E-state index in [1.54, 1.807) is 41.3 Å². The molecule has 0 unspecified atom stereocenters. The third-order valence-electron chi connectivity index (χ3n) is 6.01. The highest BCUT2D eigenvalue weighted by molar-refractivity contribution is 7.91. The minimum Gasteiger partial charge on any atom is -0.345 e. The molecule has 11 heteroatoms. The number of hydrogen-bond donors (Lipinski definition) is 0. The number of rotatable bonds is 4. The lowest BCUT2D eigenvalue weighted by Gasteiger charge is -2.34. The number of amides is 3. The molecule has 2 fully saturated rings. The smallest absolute Gasteiger partial charge is 0.254 e. The Morgan fingerprint density at radius 2 is 1.65 bits per heavy atom. The first-order valence-corrected chi connectivity index (χ1v) is 13.5. The van der Waals surface area contributed by atoms with E-state index < -0.39 is 9.84 Å². The van der Waals surface area contributed by atoms with Crippen molar-refractivity contribution in [2.45, 2.75) is 17.7 Å². The lowest BCUT2D eigenvalue weighted by Crippen LogP contribution is -2.48. The molecule has 0 spiro atoms. The van der Waals surface area contributed by atoms with Crippen LogP contribution in [0.4, 0.5) is 10.8 Å². The predicted molar refractivity (Wildman–Crippen MR) is 129 cm³/mol. The number of para-hydroxylation sites is 1. The van der Waals surface area contributed by atoms with Crippen LogP contribution in [0.3, 0.4) is 0 Å². The van der Waals surface area contributed by atoms with Crippen LogP contribution >= 0.6 is 11.3 Å². The van der Waals surface area contributed by atoms with Gasteiger partial charge in [0.2, 0.25) is 11.8 Å². The van der Waals surface area contributed by atoms with Crippen LogP contribution in [0.15, 0.2) is 47.4 Å². The number of fused-ring (bicyclic) bond motifs is 1. The number of piperazine rings is 1. The minimum absolute atomic E-state index is 0.163. The molecule has 2 aliphatic rings. The lowest BCUT2D eigenvalue weighted by atomic mass is 10.1. The van der Waals surface area contributed by atoms with Gasteiger partial charge in [-0.2, -0.15) is 0 Å². The van der Waals surface area contributed by atoms with Gasteiger partial charge >= 0.3 is 0 Å². The van der Waals surface area contributed by atoms with Crippen molar-refractivity contribution in [1.82, 2.24) is 9.88 Å². The van der Waals surface area contributed by atoms with E-state index in [4.69, 9.17) is 0 Å². The molecule has 1 aromatic heterocycles. The van der Waals surface area contributed by atoms with Crippen molar-refractivity contribution in [1.29, 1.82) is 0 Å². The van der Waals surface area contributed by atoms with Crippen molar-refractivity contribution in [3.8, 4) is 0 Å². The van der Waals surface area contributed by atoms with Crippen LogP contribution in [0, 0.1) is 0 Å². The van der Waals surface area contributed by atoms with Gasteiger partial charge in [0.1, 0.15) is 5.52 Å². The van der Waals surface area contributed by atoms with Crippen LogP contribution in [-0.2, 0) is 19.4 Å². The summed E-state index contributed by atoms with van der Waals surface area (Å²) in [5.74, 6) is -0.666. The molecule has 0 N–H and O–H groups in total. The Kier molecular flexibility index (Phi) is 5.61. The lowest BCUT2D eigenvalue weighted by molar-refractivity contribution is -0.121. The second-order valence-corrected chi connectivity index (χ2v) is 11.3. The van der Waals surface area contributed by atoms with Gasteiger partial charge in [0.15, 0.2) is 15.0 Å². The van der Waals surface area contributed by atoms with Gasteiger partial charge in [-0.3, -0.25) is 19.3 Å². The van der Waals surface area contributed by atoms with Gasteiger partial charge in [0.05, 0.1) is 15.3 Å². The molecule has 0 bridgehead atoms. The molecule has 3 amide bonds. The van der Waals surface area contributed by atoms with Crippen LogP contribution in [0.2, 0.25) is 0 Å². The molecule has 5 rings (SSSR count). The van der Waals surface area contributed by atoms with Crippen LogP contribution in [0.1, 0.15) is 23.2 Å². The number of sulfone groups is 1. The van der Waals surface area contributed by atoms with E-state index in [0.717, 1.165) is 14.7 Å². The van der Waals surface area contributed by atoms with Crippen LogP contribution < -0.4 is 9.80 Å². The van der Waals surface area contributed by atoms with E-state index in [2.05, 4.69) is 9.88 Å². The minimum atomic E-state index is -3.39. The van der Waals surface area contributed by atoms with Crippen molar-refractivity contribution in [3.05, 3.63) is 48.0 Å². The van der Waals surface area contributed by atoms with Gasteiger partial charge < -0.3 is 9.80 Å². The fourth-order valence-corrected chi connectivity index (χ4v) is 6.21. The number of imide groups is 1. The molecule has 3 heterocycles. The maximum atomic E-state index is 13.1. The summed E-state index contributed by atoms with van der Waals surface area (Å²) in [7, 11) is -3.39. The molecule has 2 aromatic carbocycles. The van der Waals surface area contributed by atoms with Gasteiger partial charge in [-0.15, -0.1) is 0 Å². The highest BCUT2D eigenvalue weighted by Crippen LogP contribution is 2.33. The molecule has 2 saturated heterocycles. The van der Waals surface area contributed by atoms with Gasteiger partial charge in [-0.1, -0.05) is 23.5 Å². The molecule has 0 radical (unpaired) electrons. The summed E-state index contributed by atoms with van der Waals surface area (Å²) in [4.78, 5) is 46.9. The standard InChI is InChI=1S/C23H22N4O5S2/c1-34(31,32)18-7-3-6-17-21(18)24-23(33-17)26-12-10-25(11-13-26)22(30)15-4-2-5-16(14-15)27-19(28)8-9-20(27)29/h2-7,14H,8-13H2,1H3. The molecule has 176 valence electrons. The Balaban J connectivity index is 1.30. The number of carbonyl (C=O) groups is 3. The second-order valence-electron chi connectivity index (χ2n) is 8.32. The summed E-state index contributed by atoms with van der Waals surface area (Å²) < 4.78 is 25.0. The SMILES string of the molecule is CS(=O)(=O)c1cccc2sc(N3CCN(C(=O)c4cccc(N5C(=O)CCC5=O)c4)CC3)nc12. The van der Waals surface area contributed by atoms with Crippen molar-refractivity contribution >= 4 is 59.9 Å². The number of hydrogen-bond acceptors (Lipinski definition) is 8. The Hall–Kier alpha value is -3.31. The Labute approximate surface area is 200 Å².